The van der Waals surface area contributed by atoms with Crippen LogP contribution in [-0.2, 0) is 16.0 Å². The average Bonchev–Trinajstić information content (AvgIpc) is 2.55. The number of hydrogen-bond acceptors (Lipinski definition) is 2. The van der Waals surface area contributed by atoms with Crippen molar-refractivity contribution in [1.82, 2.24) is 0 Å². The zero-order valence-electron chi connectivity index (χ0n) is 8.89. The maximum atomic E-state index is 11.7. The van der Waals surface area contributed by atoms with Gasteiger partial charge in [0.1, 0.15) is 0 Å². The Bertz CT molecular complexity index is 510. The van der Waals surface area contributed by atoms with Crippen LogP contribution in [0.25, 0.3) is 0 Å². The molecule has 0 radical (unpaired) electrons. The van der Waals surface area contributed by atoms with Crippen molar-refractivity contribution in [3.63, 3.8) is 0 Å². The fourth-order valence-corrected chi connectivity index (χ4v) is 1.96. The van der Waals surface area contributed by atoms with Crippen molar-refractivity contribution in [2.75, 3.05) is 11.4 Å². The predicted molar refractivity (Wildman–Crippen MR) is 64.3 cm³/mol. The van der Waals surface area contributed by atoms with Gasteiger partial charge in [-0.05, 0) is 17.7 Å². The summed E-state index contributed by atoms with van der Waals surface area (Å²) in [5.74, 6) is -1.07. The molecule has 4 nitrogen and oxygen atoms in total. The van der Waals surface area contributed by atoms with E-state index in [0.29, 0.717) is 11.4 Å². The normalized spacial score (nSPS) is 14.4. The summed E-state index contributed by atoms with van der Waals surface area (Å²) in [4.78, 5) is 23.6. The van der Waals surface area contributed by atoms with Crippen molar-refractivity contribution in [2.45, 2.75) is 6.42 Å². The Morgan fingerprint density at radius 1 is 1.53 bits per heavy atom. The van der Waals surface area contributed by atoms with Gasteiger partial charge in [0.05, 0.1) is 6.42 Å². The van der Waals surface area contributed by atoms with Crippen LogP contribution in [0.5, 0.6) is 0 Å². The molecule has 0 saturated carbocycles. The molecule has 1 N–H and O–H groups in total. The number of carboxylic acids is 1. The minimum atomic E-state index is -1.03. The largest absolute Gasteiger partial charge is 0.478 e. The molecule has 0 aliphatic carbocycles. The van der Waals surface area contributed by atoms with Gasteiger partial charge in [-0.3, -0.25) is 4.79 Å². The molecule has 88 valence electrons. The molecule has 17 heavy (non-hydrogen) atoms. The number of carboxylic acid groups (broad SMARTS) is 1. The molecule has 1 amide bonds. The van der Waals surface area contributed by atoms with Crippen LogP contribution in [0.4, 0.5) is 5.69 Å². The SMILES string of the molecule is O=C(O)C=CCN1C(=O)Cc2ccc(Cl)cc21. The molecule has 0 fully saturated rings. The van der Waals surface area contributed by atoms with Gasteiger partial charge in [0, 0.05) is 23.3 Å². The molecule has 2 rings (SSSR count). The summed E-state index contributed by atoms with van der Waals surface area (Å²) < 4.78 is 0. The molecule has 0 saturated heterocycles. The highest BCUT2D eigenvalue weighted by Gasteiger charge is 2.26. The molecule has 0 bridgehead atoms. The third-order valence-electron chi connectivity index (χ3n) is 2.53. The van der Waals surface area contributed by atoms with Crippen LogP contribution in [0.15, 0.2) is 30.4 Å². The lowest BCUT2D eigenvalue weighted by atomic mass is 10.2. The van der Waals surface area contributed by atoms with Crippen LogP contribution >= 0.6 is 11.6 Å². The average molecular weight is 252 g/mol. The Morgan fingerprint density at radius 2 is 2.29 bits per heavy atom. The Kier molecular flexibility index (Phi) is 3.15. The maximum absolute atomic E-state index is 11.7. The molecule has 0 unspecified atom stereocenters. The molecule has 1 heterocycles. The molecule has 1 aliphatic heterocycles. The van der Waals surface area contributed by atoms with Crippen molar-refractivity contribution in [2.24, 2.45) is 0 Å². The minimum absolute atomic E-state index is 0.0442. The number of benzene rings is 1. The van der Waals surface area contributed by atoms with E-state index in [1.807, 2.05) is 6.07 Å². The van der Waals surface area contributed by atoms with Crippen LogP contribution in [0.3, 0.4) is 0 Å². The number of carbonyl (C=O) groups is 2. The summed E-state index contributed by atoms with van der Waals surface area (Å²) in [6.07, 6.45) is 2.81. The second-order valence-corrected chi connectivity index (χ2v) is 4.13. The highest BCUT2D eigenvalue weighted by Crippen LogP contribution is 2.31. The topological polar surface area (TPSA) is 57.6 Å². The highest BCUT2D eigenvalue weighted by atomic mass is 35.5. The Morgan fingerprint density at radius 3 is 3.00 bits per heavy atom. The number of fused-ring (bicyclic) bond motifs is 1. The van der Waals surface area contributed by atoms with Crippen molar-refractivity contribution >= 4 is 29.2 Å². The van der Waals surface area contributed by atoms with E-state index in [1.54, 1.807) is 12.1 Å². The van der Waals surface area contributed by atoms with Gasteiger partial charge in [0.2, 0.25) is 5.91 Å². The quantitative estimate of drug-likeness (QED) is 0.835. The van der Waals surface area contributed by atoms with Crippen molar-refractivity contribution in [3.05, 3.63) is 40.9 Å². The van der Waals surface area contributed by atoms with Crippen molar-refractivity contribution < 1.29 is 14.7 Å². The number of hydrogen-bond donors (Lipinski definition) is 1. The zero-order valence-corrected chi connectivity index (χ0v) is 9.65. The molecule has 0 atom stereocenters. The molecular formula is C12H10ClNO3. The lowest BCUT2D eigenvalue weighted by molar-refractivity contribution is -0.131. The van der Waals surface area contributed by atoms with E-state index in [9.17, 15) is 9.59 Å². The van der Waals surface area contributed by atoms with Crippen LogP contribution in [-0.4, -0.2) is 23.5 Å². The highest BCUT2D eigenvalue weighted by molar-refractivity contribution is 6.31. The van der Waals surface area contributed by atoms with Crippen LogP contribution in [0.2, 0.25) is 5.02 Å². The van der Waals surface area contributed by atoms with Crippen molar-refractivity contribution in [1.29, 1.82) is 0 Å². The van der Waals surface area contributed by atoms with Gasteiger partial charge in [0.15, 0.2) is 0 Å². The number of carbonyl (C=O) groups excluding carboxylic acids is 1. The number of nitrogens with zero attached hydrogens (tertiary/aromatic N) is 1. The van der Waals surface area contributed by atoms with E-state index < -0.39 is 5.97 Å². The van der Waals surface area contributed by atoms with E-state index in [4.69, 9.17) is 16.7 Å². The summed E-state index contributed by atoms with van der Waals surface area (Å²) in [6, 6.07) is 5.27. The van der Waals surface area contributed by atoms with Crippen molar-refractivity contribution in [3.8, 4) is 0 Å². The van der Waals surface area contributed by atoms with E-state index in [1.165, 1.54) is 11.0 Å². The van der Waals surface area contributed by atoms with E-state index in [2.05, 4.69) is 0 Å². The molecule has 0 spiro atoms. The fourth-order valence-electron chi connectivity index (χ4n) is 1.79. The van der Waals surface area contributed by atoms with Gasteiger partial charge in [-0.25, -0.2) is 4.79 Å². The number of amides is 1. The summed E-state index contributed by atoms with van der Waals surface area (Å²) in [5, 5.41) is 9.04. The number of rotatable bonds is 3. The number of halogens is 1. The summed E-state index contributed by atoms with van der Waals surface area (Å²) >= 11 is 5.87. The van der Waals surface area contributed by atoms with Gasteiger partial charge in [-0.1, -0.05) is 23.7 Å². The monoisotopic (exact) mass is 251 g/mol. The number of aliphatic carboxylic acids is 1. The number of anilines is 1. The molecule has 1 aromatic rings. The minimum Gasteiger partial charge on any atom is -0.478 e. The lowest BCUT2D eigenvalue weighted by Crippen LogP contribution is -2.26. The van der Waals surface area contributed by atoms with Gasteiger partial charge >= 0.3 is 5.97 Å². The Labute approximate surface area is 103 Å². The van der Waals surface area contributed by atoms with Crippen LogP contribution in [0.1, 0.15) is 5.56 Å². The summed E-state index contributed by atoms with van der Waals surface area (Å²) in [6.45, 7) is 0.248. The first-order chi connectivity index (χ1) is 8.08. The molecular weight excluding hydrogens is 242 g/mol. The lowest BCUT2D eigenvalue weighted by Gasteiger charge is -2.14. The fraction of sp³-hybridized carbons (Fsp3) is 0.167. The zero-order chi connectivity index (χ0) is 12.4. The smallest absolute Gasteiger partial charge is 0.328 e. The maximum Gasteiger partial charge on any atom is 0.328 e. The second kappa shape index (κ2) is 4.59. The Hall–Kier alpha value is -1.81. The third-order valence-corrected chi connectivity index (χ3v) is 2.76. The second-order valence-electron chi connectivity index (χ2n) is 3.69. The molecule has 5 heteroatoms. The van der Waals surface area contributed by atoms with Crippen LogP contribution in [0, 0.1) is 0 Å². The van der Waals surface area contributed by atoms with E-state index in [-0.39, 0.29) is 12.5 Å². The summed E-state index contributed by atoms with van der Waals surface area (Å²) in [5.41, 5.74) is 1.68. The van der Waals surface area contributed by atoms with Gasteiger partial charge in [0.25, 0.3) is 0 Å². The molecule has 1 aliphatic rings. The summed E-state index contributed by atoms with van der Waals surface area (Å²) in [7, 11) is 0. The third kappa shape index (κ3) is 2.47. The molecule has 0 aromatic heterocycles. The van der Waals surface area contributed by atoms with E-state index >= 15 is 0 Å². The molecule has 1 aromatic carbocycles. The first-order valence-corrected chi connectivity index (χ1v) is 5.44. The van der Waals surface area contributed by atoms with Gasteiger partial charge < -0.3 is 10.0 Å². The standard InChI is InChI=1S/C12H10ClNO3/c13-9-4-3-8-6-11(15)14(10(8)7-9)5-1-2-12(16)17/h1-4,7H,5-6H2,(H,16,17). The first-order valence-electron chi connectivity index (χ1n) is 5.06. The Balaban J connectivity index is 2.22. The van der Waals surface area contributed by atoms with Gasteiger partial charge in [-0.15, -0.1) is 0 Å². The van der Waals surface area contributed by atoms with E-state index in [0.717, 1.165) is 17.3 Å². The van der Waals surface area contributed by atoms with Gasteiger partial charge in [-0.2, -0.15) is 0 Å². The predicted octanol–water partition coefficient (Wildman–Crippen LogP) is 1.87. The first kappa shape index (κ1) is 11.7. The van der Waals surface area contributed by atoms with Crippen LogP contribution < -0.4 is 4.90 Å².